The predicted octanol–water partition coefficient (Wildman–Crippen LogP) is 3.09. The molecular formula is C23H28N4O5. The highest BCUT2D eigenvalue weighted by atomic mass is 16.5. The summed E-state index contributed by atoms with van der Waals surface area (Å²) in [5, 5.41) is 9.15. The van der Waals surface area contributed by atoms with Crippen LogP contribution in [0.1, 0.15) is 30.0 Å². The lowest BCUT2D eigenvalue weighted by Gasteiger charge is -2.13. The second-order valence-electron chi connectivity index (χ2n) is 7.31. The molecule has 0 aliphatic rings. The number of hydrazone groups is 1. The summed E-state index contributed by atoms with van der Waals surface area (Å²) in [4.78, 5) is 36.6. The highest BCUT2D eigenvalue weighted by Crippen LogP contribution is 2.28. The minimum Gasteiger partial charge on any atom is -0.497 e. The van der Waals surface area contributed by atoms with E-state index < -0.39 is 11.8 Å². The maximum Gasteiger partial charge on any atom is 0.329 e. The van der Waals surface area contributed by atoms with Crippen molar-refractivity contribution in [2.24, 2.45) is 5.10 Å². The van der Waals surface area contributed by atoms with E-state index in [-0.39, 0.29) is 18.0 Å². The van der Waals surface area contributed by atoms with Gasteiger partial charge in [0.1, 0.15) is 11.5 Å². The number of hydrogen-bond acceptors (Lipinski definition) is 6. The Bertz CT molecular complexity index is 1040. The van der Waals surface area contributed by atoms with E-state index in [9.17, 15) is 14.4 Å². The van der Waals surface area contributed by atoms with E-state index in [0.717, 1.165) is 22.4 Å². The summed E-state index contributed by atoms with van der Waals surface area (Å²) in [5.74, 6) is -1.35. The Labute approximate surface area is 187 Å². The summed E-state index contributed by atoms with van der Waals surface area (Å²) in [6.45, 7) is 7.42. The zero-order valence-electron chi connectivity index (χ0n) is 19.1. The molecule has 9 nitrogen and oxygen atoms in total. The van der Waals surface area contributed by atoms with Crippen LogP contribution in [0, 0.1) is 20.8 Å². The molecule has 0 radical (unpaired) electrons. The fraction of sp³-hybridized carbons (Fsp3) is 0.304. The fourth-order valence-corrected chi connectivity index (χ4v) is 3.12. The minimum atomic E-state index is -0.986. The van der Waals surface area contributed by atoms with Crippen LogP contribution in [0.25, 0.3) is 0 Å². The Kier molecular flexibility index (Phi) is 8.34. The van der Waals surface area contributed by atoms with Crippen LogP contribution >= 0.6 is 0 Å². The van der Waals surface area contributed by atoms with Gasteiger partial charge < -0.3 is 20.1 Å². The SMILES string of the molecule is COc1ccc(OC)c(NC(=O)C(=O)NN=C(C)CC(=O)Nc2c(C)cc(C)cc2C)c1. The maximum atomic E-state index is 12.4. The molecule has 0 unspecified atom stereocenters. The predicted molar refractivity (Wildman–Crippen MR) is 123 cm³/mol. The number of carbonyl (C=O) groups excluding carboxylic acids is 3. The second kappa shape index (κ2) is 10.9. The Morgan fingerprint density at radius 2 is 1.56 bits per heavy atom. The van der Waals surface area contributed by atoms with Crippen LogP contribution in [0.5, 0.6) is 11.5 Å². The number of amides is 3. The van der Waals surface area contributed by atoms with E-state index in [1.54, 1.807) is 19.1 Å². The third-order valence-electron chi connectivity index (χ3n) is 4.57. The number of ether oxygens (including phenoxy) is 2. The number of rotatable bonds is 7. The van der Waals surface area contributed by atoms with Gasteiger partial charge in [0.05, 0.1) is 26.3 Å². The molecule has 3 amide bonds. The van der Waals surface area contributed by atoms with Crippen molar-refractivity contribution in [1.82, 2.24) is 5.43 Å². The largest absolute Gasteiger partial charge is 0.497 e. The van der Waals surface area contributed by atoms with Crippen molar-refractivity contribution in [3.63, 3.8) is 0 Å². The molecule has 0 bridgehead atoms. The summed E-state index contributed by atoms with van der Waals surface area (Å²) < 4.78 is 10.3. The van der Waals surface area contributed by atoms with Crippen LogP contribution in [0.3, 0.4) is 0 Å². The zero-order valence-corrected chi connectivity index (χ0v) is 19.1. The highest BCUT2D eigenvalue weighted by molar-refractivity contribution is 6.39. The van der Waals surface area contributed by atoms with E-state index in [0.29, 0.717) is 17.2 Å². The third-order valence-corrected chi connectivity index (χ3v) is 4.57. The van der Waals surface area contributed by atoms with Crippen molar-refractivity contribution >= 4 is 34.8 Å². The molecule has 0 atom stereocenters. The van der Waals surface area contributed by atoms with Crippen LogP contribution in [0.4, 0.5) is 11.4 Å². The van der Waals surface area contributed by atoms with Crippen molar-refractivity contribution < 1.29 is 23.9 Å². The molecule has 2 aromatic rings. The number of hydrogen-bond donors (Lipinski definition) is 3. The molecule has 2 rings (SSSR count). The maximum absolute atomic E-state index is 12.4. The van der Waals surface area contributed by atoms with E-state index in [2.05, 4.69) is 21.2 Å². The summed E-state index contributed by atoms with van der Waals surface area (Å²) in [6, 6.07) is 8.76. The molecule has 0 spiro atoms. The smallest absolute Gasteiger partial charge is 0.329 e. The monoisotopic (exact) mass is 440 g/mol. The number of aryl methyl sites for hydroxylation is 3. The third kappa shape index (κ3) is 6.56. The quantitative estimate of drug-likeness (QED) is 0.347. The average molecular weight is 441 g/mol. The minimum absolute atomic E-state index is 0.0433. The molecule has 0 aliphatic carbocycles. The van der Waals surface area contributed by atoms with Gasteiger partial charge in [-0.3, -0.25) is 14.4 Å². The van der Waals surface area contributed by atoms with Gasteiger partial charge in [-0.15, -0.1) is 0 Å². The van der Waals surface area contributed by atoms with Gasteiger partial charge in [-0.2, -0.15) is 5.10 Å². The van der Waals surface area contributed by atoms with Crippen molar-refractivity contribution in [3.8, 4) is 11.5 Å². The summed E-state index contributed by atoms with van der Waals surface area (Å²) in [7, 11) is 2.92. The van der Waals surface area contributed by atoms with E-state index >= 15 is 0 Å². The first-order chi connectivity index (χ1) is 15.1. The Morgan fingerprint density at radius 3 is 2.16 bits per heavy atom. The van der Waals surface area contributed by atoms with Gasteiger partial charge in [-0.1, -0.05) is 17.7 Å². The second-order valence-corrected chi connectivity index (χ2v) is 7.31. The van der Waals surface area contributed by atoms with Gasteiger partial charge in [-0.25, -0.2) is 5.43 Å². The molecule has 0 fully saturated rings. The van der Waals surface area contributed by atoms with Crippen LogP contribution in [0.15, 0.2) is 35.4 Å². The van der Waals surface area contributed by atoms with E-state index in [4.69, 9.17) is 9.47 Å². The number of benzene rings is 2. The van der Waals surface area contributed by atoms with Crippen LogP contribution in [-0.4, -0.2) is 37.7 Å². The Hall–Kier alpha value is -3.88. The van der Waals surface area contributed by atoms with Crippen LogP contribution < -0.4 is 25.5 Å². The van der Waals surface area contributed by atoms with Gasteiger partial charge in [0.25, 0.3) is 0 Å². The van der Waals surface area contributed by atoms with Crippen LogP contribution in [-0.2, 0) is 14.4 Å². The number of methoxy groups -OCH3 is 2. The summed E-state index contributed by atoms with van der Waals surface area (Å²) in [6.07, 6.45) is -0.0433. The van der Waals surface area contributed by atoms with Gasteiger partial charge in [0, 0.05) is 17.5 Å². The molecule has 0 aliphatic heterocycles. The standard InChI is InChI=1S/C23H28N4O5/c1-13-9-14(2)21(15(3)10-13)25-20(28)11-16(4)26-27-23(30)22(29)24-18-12-17(31-5)7-8-19(18)32-6/h7-10,12H,11H2,1-6H3,(H,24,29)(H,25,28)(H,27,30). The summed E-state index contributed by atoms with van der Waals surface area (Å²) in [5.41, 5.74) is 6.56. The molecule has 2 aromatic carbocycles. The Balaban J connectivity index is 1.95. The number of carbonyl (C=O) groups is 3. The molecule has 0 saturated heterocycles. The number of nitrogens with one attached hydrogen (secondary N) is 3. The van der Waals surface area contributed by atoms with Gasteiger partial charge in [-0.05, 0) is 51.0 Å². The topological polar surface area (TPSA) is 118 Å². The van der Waals surface area contributed by atoms with Crippen molar-refractivity contribution in [3.05, 3.63) is 47.0 Å². The number of nitrogens with zero attached hydrogens (tertiary/aromatic N) is 1. The molecular weight excluding hydrogens is 412 g/mol. The normalized spacial score (nSPS) is 10.9. The molecule has 32 heavy (non-hydrogen) atoms. The molecule has 0 heterocycles. The van der Waals surface area contributed by atoms with Gasteiger partial charge in [0.15, 0.2) is 0 Å². The average Bonchev–Trinajstić information content (AvgIpc) is 2.74. The molecule has 9 heteroatoms. The lowest BCUT2D eigenvalue weighted by Crippen LogP contribution is -2.33. The first kappa shape index (κ1) is 24.4. The number of anilines is 2. The fourth-order valence-electron chi connectivity index (χ4n) is 3.12. The summed E-state index contributed by atoms with van der Waals surface area (Å²) >= 11 is 0. The zero-order chi connectivity index (χ0) is 23.8. The van der Waals surface area contributed by atoms with Crippen molar-refractivity contribution in [2.45, 2.75) is 34.1 Å². The van der Waals surface area contributed by atoms with Crippen molar-refractivity contribution in [2.75, 3.05) is 24.9 Å². The lowest BCUT2D eigenvalue weighted by molar-refractivity contribution is -0.136. The highest BCUT2D eigenvalue weighted by Gasteiger charge is 2.17. The molecule has 170 valence electrons. The Morgan fingerprint density at radius 1 is 0.906 bits per heavy atom. The van der Waals surface area contributed by atoms with E-state index in [1.165, 1.54) is 20.3 Å². The first-order valence-electron chi connectivity index (χ1n) is 9.88. The molecule has 3 N–H and O–H groups in total. The van der Waals surface area contributed by atoms with Gasteiger partial charge >= 0.3 is 11.8 Å². The van der Waals surface area contributed by atoms with Crippen molar-refractivity contribution in [1.29, 1.82) is 0 Å². The first-order valence-corrected chi connectivity index (χ1v) is 9.88. The molecule has 0 saturated carbocycles. The van der Waals surface area contributed by atoms with Crippen LogP contribution in [0.2, 0.25) is 0 Å². The van der Waals surface area contributed by atoms with E-state index in [1.807, 2.05) is 32.9 Å². The van der Waals surface area contributed by atoms with Gasteiger partial charge in [0.2, 0.25) is 5.91 Å². The molecule has 0 aromatic heterocycles. The lowest BCUT2D eigenvalue weighted by atomic mass is 10.0.